The Hall–Kier alpha value is -7.22. The van der Waals surface area contributed by atoms with Crippen molar-refractivity contribution < 1.29 is 0 Å². The summed E-state index contributed by atoms with van der Waals surface area (Å²) in [5.41, 5.74) is 26.1. The number of aryl methyl sites for hydroxylation is 4. The second-order valence-corrected chi connectivity index (χ2v) is 16.3. The van der Waals surface area contributed by atoms with Gasteiger partial charge in [-0.15, -0.1) is 0 Å². The molecule has 0 saturated heterocycles. The van der Waals surface area contributed by atoms with Crippen LogP contribution in [0.15, 0.2) is 200 Å². The van der Waals surface area contributed by atoms with Crippen LogP contribution in [0.5, 0.6) is 0 Å². The van der Waals surface area contributed by atoms with E-state index in [1.54, 1.807) is 0 Å². The zero-order valence-corrected chi connectivity index (χ0v) is 34.7. The van der Waals surface area contributed by atoms with Gasteiger partial charge >= 0.3 is 0 Å². The number of anilines is 3. The van der Waals surface area contributed by atoms with E-state index in [0.29, 0.717) is 0 Å². The highest BCUT2D eigenvalue weighted by Gasteiger charge is 2.28. The summed E-state index contributed by atoms with van der Waals surface area (Å²) in [6, 6.07) is 74.2. The lowest BCUT2D eigenvalue weighted by atomic mass is 9.88. The van der Waals surface area contributed by atoms with Crippen LogP contribution in [0.25, 0.3) is 66.8 Å². The lowest BCUT2D eigenvalue weighted by molar-refractivity contribution is 1.19. The highest BCUT2D eigenvalue weighted by atomic mass is 15.2. The Bertz CT molecular complexity index is 3060. The number of rotatable bonds is 7. The maximum absolute atomic E-state index is 2.49. The molecule has 0 amide bonds. The number of para-hydroxylation sites is 1. The SMILES string of the molecule is Cc1ccccc1-c1cc(-c2ccc3c(c2)-c2ccccc2-c2cc(-c4ccc(Cc5ccccc5)c(-c5ccccc5C)c4)ccc2N3c2ccccc2C)ccc1C. The molecule has 0 aliphatic carbocycles. The summed E-state index contributed by atoms with van der Waals surface area (Å²) >= 11 is 0. The maximum atomic E-state index is 2.49. The average molecular weight is 770 g/mol. The van der Waals surface area contributed by atoms with E-state index >= 15 is 0 Å². The van der Waals surface area contributed by atoms with E-state index in [-0.39, 0.29) is 0 Å². The first-order chi connectivity index (χ1) is 29.4. The molecule has 9 aromatic rings. The molecule has 1 heterocycles. The number of hydrogen-bond donors (Lipinski definition) is 0. The fourth-order valence-electron chi connectivity index (χ4n) is 9.23. The summed E-state index contributed by atoms with van der Waals surface area (Å²) in [5, 5.41) is 0. The molecule has 288 valence electrons. The van der Waals surface area contributed by atoms with Crippen molar-refractivity contribution in [1.29, 1.82) is 0 Å². The van der Waals surface area contributed by atoms with Crippen LogP contribution in [0.4, 0.5) is 17.1 Å². The Morgan fingerprint density at radius 2 is 0.700 bits per heavy atom. The quantitative estimate of drug-likeness (QED) is 0.156. The predicted octanol–water partition coefficient (Wildman–Crippen LogP) is 16.3. The largest absolute Gasteiger partial charge is 0.309 e. The zero-order chi connectivity index (χ0) is 40.7. The van der Waals surface area contributed by atoms with Crippen LogP contribution in [0.3, 0.4) is 0 Å². The summed E-state index contributed by atoms with van der Waals surface area (Å²) in [6.45, 7) is 8.86. The molecule has 0 saturated carbocycles. The van der Waals surface area contributed by atoms with Crippen LogP contribution in [0.1, 0.15) is 33.4 Å². The minimum absolute atomic E-state index is 0.879. The van der Waals surface area contributed by atoms with Gasteiger partial charge in [0.1, 0.15) is 0 Å². The number of benzene rings is 9. The van der Waals surface area contributed by atoms with Crippen LogP contribution in [0.2, 0.25) is 0 Å². The summed E-state index contributed by atoms with van der Waals surface area (Å²) in [5.74, 6) is 0. The van der Waals surface area contributed by atoms with Crippen molar-refractivity contribution in [3.63, 3.8) is 0 Å². The van der Waals surface area contributed by atoms with E-state index in [9.17, 15) is 0 Å². The monoisotopic (exact) mass is 769 g/mol. The Kier molecular flexibility index (Phi) is 9.58. The zero-order valence-electron chi connectivity index (χ0n) is 34.7. The van der Waals surface area contributed by atoms with E-state index in [1.165, 1.54) is 117 Å². The molecule has 1 aliphatic heterocycles. The third-order valence-electron chi connectivity index (χ3n) is 12.5. The molecule has 10 rings (SSSR count). The topological polar surface area (TPSA) is 3.24 Å². The van der Waals surface area contributed by atoms with Gasteiger partial charge in [-0.3, -0.25) is 0 Å². The second-order valence-electron chi connectivity index (χ2n) is 16.3. The summed E-state index contributed by atoms with van der Waals surface area (Å²) in [4.78, 5) is 2.49. The summed E-state index contributed by atoms with van der Waals surface area (Å²) in [6.07, 6.45) is 0.879. The first kappa shape index (κ1) is 37.1. The van der Waals surface area contributed by atoms with Crippen LogP contribution in [0, 0.1) is 27.7 Å². The molecule has 0 atom stereocenters. The van der Waals surface area contributed by atoms with Crippen LogP contribution in [-0.4, -0.2) is 0 Å². The molecular formula is C59H47N. The Labute approximate surface area is 354 Å². The molecule has 0 radical (unpaired) electrons. The van der Waals surface area contributed by atoms with Crippen LogP contribution >= 0.6 is 0 Å². The standard InChI is InChI=1S/C59H47N/c1-39-16-8-11-21-49(39)53-35-44(27-26-41(53)3)46-30-32-58-55(37-46)51-23-13-14-24-52(51)56-38-47(31-33-59(56)60(58)57-25-15-10-18-42(57)4)45-28-29-48(34-43-19-6-5-7-20-43)54(36-45)50-22-12-9-17-40(50)2/h5-33,35-38H,34H2,1-4H3. The molecular weight excluding hydrogens is 723 g/mol. The van der Waals surface area contributed by atoms with Crippen molar-refractivity contribution >= 4 is 17.1 Å². The highest BCUT2D eigenvalue weighted by molar-refractivity contribution is 6.04. The number of nitrogens with zero attached hydrogens (tertiary/aromatic N) is 1. The molecule has 0 N–H and O–H groups in total. The van der Waals surface area contributed by atoms with Gasteiger partial charge < -0.3 is 4.90 Å². The molecule has 0 spiro atoms. The van der Waals surface area contributed by atoms with Crippen molar-refractivity contribution in [2.45, 2.75) is 34.1 Å². The van der Waals surface area contributed by atoms with Gasteiger partial charge in [-0.1, -0.05) is 158 Å². The van der Waals surface area contributed by atoms with Gasteiger partial charge in [0.25, 0.3) is 0 Å². The molecule has 1 nitrogen and oxygen atoms in total. The van der Waals surface area contributed by atoms with Gasteiger partial charge in [0.05, 0.1) is 11.4 Å². The van der Waals surface area contributed by atoms with E-state index in [1.807, 2.05) is 0 Å². The third-order valence-corrected chi connectivity index (χ3v) is 12.5. The van der Waals surface area contributed by atoms with Crippen molar-refractivity contribution in [2.24, 2.45) is 0 Å². The van der Waals surface area contributed by atoms with Crippen LogP contribution in [-0.2, 0) is 6.42 Å². The average Bonchev–Trinajstić information content (AvgIpc) is 3.40. The van der Waals surface area contributed by atoms with E-state index < -0.39 is 0 Å². The fraction of sp³-hybridized carbons (Fsp3) is 0.0847. The lowest BCUT2D eigenvalue weighted by Crippen LogP contribution is -2.12. The Morgan fingerprint density at radius 3 is 1.27 bits per heavy atom. The summed E-state index contributed by atoms with van der Waals surface area (Å²) < 4.78 is 0. The number of fused-ring (bicyclic) bond motifs is 5. The second kappa shape index (κ2) is 15.5. The Morgan fingerprint density at radius 1 is 0.283 bits per heavy atom. The van der Waals surface area contributed by atoms with Gasteiger partial charge in [0, 0.05) is 16.8 Å². The van der Waals surface area contributed by atoms with Crippen molar-refractivity contribution in [1.82, 2.24) is 0 Å². The maximum Gasteiger partial charge on any atom is 0.0541 e. The minimum atomic E-state index is 0.879. The first-order valence-electron chi connectivity index (χ1n) is 21.1. The molecule has 0 bridgehead atoms. The number of hydrogen-bond acceptors (Lipinski definition) is 1. The van der Waals surface area contributed by atoms with E-state index in [0.717, 1.165) is 6.42 Å². The third kappa shape index (κ3) is 6.73. The lowest BCUT2D eigenvalue weighted by Gasteiger charge is -2.29. The Balaban J connectivity index is 1.15. The summed E-state index contributed by atoms with van der Waals surface area (Å²) in [7, 11) is 0. The minimum Gasteiger partial charge on any atom is -0.309 e. The van der Waals surface area contributed by atoms with Gasteiger partial charge in [-0.05, 0) is 166 Å². The normalized spacial score (nSPS) is 11.7. The molecule has 0 unspecified atom stereocenters. The predicted molar refractivity (Wildman–Crippen MR) is 255 cm³/mol. The van der Waals surface area contributed by atoms with Crippen molar-refractivity contribution in [3.8, 4) is 66.8 Å². The van der Waals surface area contributed by atoms with Gasteiger partial charge in [0.15, 0.2) is 0 Å². The van der Waals surface area contributed by atoms with Gasteiger partial charge in [0.2, 0.25) is 0 Å². The molecule has 1 heteroatoms. The highest BCUT2D eigenvalue weighted by Crippen LogP contribution is 2.53. The van der Waals surface area contributed by atoms with Crippen molar-refractivity contribution in [2.75, 3.05) is 4.90 Å². The molecule has 9 aromatic carbocycles. The van der Waals surface area contributed by atoms with E-state index in [4.69, 9.17) is 0 Å². The van der Waals surface area contributed by atoms with Crippen LogP contribution < -0.4 is 4.90 Å². The molecule has 0 fully saturated rings. The molecule has 1 aliphatic rings. The molecule has 60 heavy (non-hydrogen) atoms. The smallest absolute Gasteiger partial charge is 0.0541 e. The fourth-order valence-corrected chi connectivity index (χ4v) is 9.23. The van der Waals surface area contributed by atoms with Gasteiger partial charge in [-0.2, -0.15) is 0 Å². The molecule has 0 aromatic heterocycles. The van der Waals surface area contributed by atoms with E-state index in [2.05, 4.69) is 233 Å². The first-order valence-corrected chi connectivity index (χ1v) is 21.1. The van der Waals surface area contributed by atoms with Gasteiger partial charge in [-0.25, -0.2) is 0 Å². The van der Waals surface area contributed by atoms with Crippen molar-refractivity contribution in [3.05, 3.63) is 234 Å².